The predicted molar refractivity (Wildman–Crippen MR) is 106 cm³/mol. The molecule has 0 radical (unpaired) electrons. The first-order valence-corrected chi connectivity index (χ1v) is 10.2. The summed E-state index contributed by atoms with van der Waals surface area (Å²) in [6.45, 7) is 0. The van der Waals surface area contributed by atoms with Crippen LogP contribution < -0.4 is 11.1 Å². The van der Waals surface area contributed by atoms with Crippen LogP contribution in [0.4, 0.5) is 5.69 Å². The third kappa shape index (κ3) is 3.15. The summed E-state index contributed by atoms with van der Waals surface area (Å²) in [6.07, 6.45) is 8.95. The fourth-order valence-electron chi connectivity index (χ4n) is 6.00. The first-order valence-electron chi connectivity index (χ1n) is 10.2. The molecule has 4 aliphatic carbocycles. The van der Waals surface area contributed by atoms with Crippen LogP contribution >= 0.6 is 0 Å². The molecule has 4 aliphatic rings. The van der Waals surface area contributed by atoms with Crippen molar-refractivity contribution in [2.75, 3.05) is 5.32 Å². The second-order valence-electron chi connectivity index (χ2n) is 8.95. The van der Waals surface area contributed by atoms with E-state index in [1.165, 1.54) is 0 Å². The van der Waals surface area contributed by atoms with Crippen molar-refractivity contribution in [2.45, 2.75) is 50.2 Å². The van der Waals surface area contributed by atoms with Crippen molar-refractivity contribution in [3.05, 3.63) is 53.6 Å². The Bertz CT molecular complexity index is 885. The van der Waals surface area contributed by atoms with E-state index >= 15 is 0 Å². The first kappa shape index (κ1) is 17.6. The molecule has 4 saturated carbocycles. The molecule has 2 aromatic heterocycles. The molecule has 0 spiro atoms. The van der Waals surface area contributed by atoms with Gasteiger partial charge in [-0.25, -0.2) is 0 Å². The number of carbonyl (C=O) groups excluding carboxylic acids is 1. The molecule has 4 N–H and O–H groups in total. The summed E-state index contributed by atoms with van der Waals surface area (Å²) < 4.78 is 0. The standard InChI is InChI=1S/C22H26N4O2/c23-21(27)18-12-25-17(7-16-3-1-2-4-24-16)8-19(18)26-20-14-5-13-6-15(20)11-22(28,9-13)10-14/h1-4,8,12-15,20,28H,5-7,9-11H2,(H2,23,27)(H,25,26)/t13?,14-,15+,20?,22?. The molecular weight excluding hydrogens is 352 g/mol. The molecule has 0 saturated heterocycles. The number of anilines is 1. The number of hydrogen-bond acceptors (Lipinski definition) is 5. The molecule has 6 heteroatoms. The van der Waals surface area contributed by atoms with E-state index in [9.17, 15) is 9.90 Å². The number of amides is 1. The monoisotopic (exact) mass is 378 g/mol. The van der Waals surface area contributed by atoms with E-state index in [0.29, 0.717) is 29.7 Å². The van der Waals surface area contributed by atoms with Gasteiger partial charge < -0.3 is 16.2 Å². The van der Waals surface area contributed by atoms with Crippen molar-refractivity contribution in [3.63, 3.8) is 0 Å². The number of nitrogens with two attached hydrogens (primary N) is 1. The highest BCUT2D eigenvalue weighted by Crippen LogP contribution is 2.56. The fourth-order valence-corrected chi connectivity index (χ4v) is 6.00. The number of nitrogens with zero attached hydrogens (tertiary/aromatic N) is 2. The minimum Gasteiger partial charge on any atom is -0.390 e. The van der Waals surface area contributed by atoms with E-state index in [0.717, 1.165) is 49.2 Å². The molecule has 4 fully saturated rings. The summed E-state index contributed by atoms with van der Waals surface area (Å²) in [4.78, 5) is 20.8. The smallest absolute Gasteiger partial charge is 0.252 e. The molecule has 2 aromatic rings. The third-order valence-corrected chi connectivity index (χ3v) is 6.88. The number of nitrogens with one attached hydrogen (secondary N) is 1. The van der Waals surface area contributed by atoms with Gasteiger partial charge in [0.15, 0.2) is 0 Å². The number of hydrogen-bond donors (Lipinski definition) is 3. The van der Waals surface area contributed by atoms with Gasteiger partial charge in [0.25, 0.3) is 5.91 Å². The van der Waals surface area contributed by atoms with Gasteiger partial charge in [-0.1, -0.05) is 6.07 Å². The maximum absolute atomic E-state index is 12.0. The highest BCUT2D eigenvalue weighted by Gasteiger charge is 2.54. The van der Waals surface area contributed by atoms with Gasteiger partial charge in [0.1, 0.15) is 0 Å². The number of carbonyl (C=O) groups is 1. The summed E-state index contributed by atoms with van der Waals surface area (Å²) in [6, 6.07) is 8.03. The second-order valence-corrected chi connectivity index (χ2v) is 8.95. The Hall–Kier alpha value is -2.47. The van der Waals surface area contributed by atoms with E-state index in [2.05, 4.69) is 15.3 Å². The molecule has 0 aliphatic heterocycles. The van der Waals surface area contributed by atoms with Gasteiger partial charge in [-0.2, -0.15) is 0 Å². The lowest BCUT2D eigenvalue weighted by atomic mass is 9.52. The maximum atomic E-state index is 12.0. The molecule has 6 nitrogen and oxygen atoms in total. The van der Waals surface area contributed by atoms with Crippen molar-refractivity contribution < 1.29 is 9.90 Å². The van der Waals surface area contributed by atoms with E-state index < -0.39 is 11.5 Å². The van der Waals surface area contributed by atoms with Crippen LogP contribution in [0.5, 0.6) is 0 Å². The number of pyridine rings is 2. The Morgan fingerprint density at radius 2 is 1.96 bits per heavy atom. The lowest BCUT2D eigenvalue weighted by Gasteiger charge is -2.58. The summed E-state index contributed by atoms with van der Waals surface area (Å²) in [5, 5.41) is 14.5. The molecule has 1 amide bonds. The van der Waals surface area contributed by atoms with Crippen LogP contribution in [-0.4, -0.2) is 32.6 Å². The average molecular weight is 378 g/mol. The van der Waals surface area contributed by atoms with Crippen LogP contribution in [0.25, 0.3) is 0 Å². The molecule has 5 atom stereocenters. The lowest BCUT2D eigenvalue weighted by molar-refractivity contribution is -0.129. The van der Waals surface area contributed by atoms with Gasteiger partial charge in [-0.15, -0.1) is 0 Å². The van der Waals surface area contributed by atoms with E-state index in [1.54, 1.807) is 12.4 Å². The van der Waals surface area contributed by atoms with Crippen molar-refractivity contribution in [1.29, 1.82) is 0 Å². The normalized spacial score (nSPS) is 33.0. The van der Waals surface area contributed by atoms with Gasteiger partial charge in [0.05, 0.1) is 16.9 Å². The number of primary amides is 1. The van der Waals surface area contributed by atoms with Crippen LogP contribution in [0.2, 0.25) is 0 Å². The van der Waals surface area contributed by atoms with Crippen molar-refractivity contribution in [1.82, 2.24) is 9.97 Å². The van der Waals surface area contributed by atoms with E-state index in [4.69, 9.17) is 5.73 Å². The van der Waals surface area contributed by atoms with Crippen molar-refractivity contribution >= 4 is 11.6 Å². The second kappa shape index (κ2) is 6.55. The number of aliphatic hydroxyl groups is 1. The Labute approximate surface area is 164 Å². The largest absolute Gasteiger partial charge is 0.390 e. The zero-order chi connectivity index (χ0) is 19.3. The van der Waals surface area contributed by atoms with E-state index in [-0.39, 0.29) is 6.04 Å². The quantitative estimate of drug-likeness (QED) is 0.742. The van der Waals surface area contributed by atoms with E-state index in [1.807, 2.05) is 24.3 Å². The summed E-state index contributed by atoms with van der Waals surface area (Å²) >= 11 is 0. The van der Waals surface area contributed by atoms with Gasteiger partial charge in [-0.3, -0.25) is 14.8 Å². The summed E-state index contributed by atoms with van der Waals surface area (Å²) in [5.41, 5.74) is 8.13. The Kier molecular flexibility index (Phi) is 4.12. The lowest BCUT2D eigenvalue weighted by Crippen LogP contribution is -2.59. The molecule has 146 valence electrons. The Morgan fingerprint density at radius 1 is 1.18 bits per heavy atom. The van der Waals surface area contributed by atoms with Crippen molar-refractivity contribution in [3.8, 4) is 0 Å². The van der Waals surface area contributed by atoms with Gasteiger partial charge in [0.2, 0.25) is 0 Å². The molecule has 28 heavy (non-hydrogen) atoms. The van der Waals surface area contributed by atoms with Gasteiger partial charge in [0, 0.05) is 36.2 Å². The SMILES string of the molecule is NC(=O)c1cnc(Cc2ccccn2)cc1NC1[C@@H]2CC3C[C@H]1CC(O)(C3)C2. The zero-order valence-corrected chi connectivity index (χ0v) is 15.8. The minimum absolute atomic E-state index is 0.278. The van der Waals surface area contributed by atoms with Gasteiger partial charge in [-0.05, 0) is 68.1 Å². The zero-order valence-electron chi connectivity index (χ0n) is 15.8. The maximum Gasteiger partial charge on any atom is 0.252 e. The summed E-state index contributed by atoms with van der Waals surface area (Å²) in [7, 11) is 0. The number of aromatic nitrogens is 2. The fraction of sp³-hybridized carbons (Fsp3) is 0.500. The molecule has 0 aromatic carbocycles. The topological polar surface area (TPSA) is 101 Å². The van der Waals surface area contributed by atoms with Crippen LogP contribution in [0.15, 0.2) is 36.7 Å². The molecule has 2 heterocycles. The highest BCUT2D eigenvalue weighted by atomic mass is 16.3. The number of rotatable bonds is 5. The predicted octanol–water partition coefficient (Wildman–Crippen LogP) is 2.52. The minimum atomic E-state index is -0.471. The molecule has 4 bridgehead atoms. The first-order chi connectivity index (χ1) is 13.5. The molecule has 3 unspecified atom stereocenters. The Morgan fingerprint density at radius 3 is 2.61 bits per heavy atom. The van der Waals surface area contributed by atoms with Crippen LogP contribution in [-0.2, 0) is 6.42 Å². The van der Waals surface area contributed by atoms with Crippen LogP contribution in [0.1, 0.15) is 53.8 Å². The van der Waals surface area contributed by atoms with Crippen molar-refractivity contribution in [2.24, 2.45) is 23.5 Å². The third-order valence-electron chi connectivity index (χ3n) is 6.88. The average Bonchev–Trinajstić information content (AvgIpc) is 2.64. The van der Waals surface area contributed by atoms with Gasteiger partial charge >= 0.3 is 0 Å². The van der Waals surface area contributed by atoms with Crippen LogP contribution in [0, 0.1) is 17.8 Å². The van der Waals surface area contributed by atoms with Crippen LogP contribution in [0.3, 0.4) is 0 Å². The summed E-state index contributed by atoms with van der Waals surface area (Å²) in [5.74, 6) is 1.07. The highest BCUT2D eigenvalue weighted by molar-refractivity contribution is 5.98. The molecular formula is C22H26N4O2. The Balaban J connectivity index is 1.42. The molecule has 6 rings (SSSR count).